The van der Waals surface area contributed by atoms with E-state index in [0.29, 0.717) is 25.3 Å². The molecule has 1 fully saturated rings. The van der Waals surface area contributed by atoms with E-state index < -0.39 is 17.0 Å². The van der Waals surface area contributed by atoms with Gasteiger partial charge in [-0.25, -0.2) is 8.78 Å². The maximum atomic E-state index is 13.3. The number of hydrogen-bond acceptors (Lipinski definition) is 2. The summed E-state index contributed by atoms with van der Waals surface area (Å²) in [5.41, 5.74) is 0.274. The minimum atomic E-state index is -0.835. The molecule has 0 bridgehead atoms. The highest BCUT2D eigenvalue weighted by molar-refractivity contribution is 5.81. The fraction of sp³-hybridized carbons (Fsp3) is 0.562. The third-order valence-electron chi connectivity index (χ3n) is 3.69. The lowest BCUT2D eigenvalue weighted by atomic mass is 9.94. The quantitative estimate of drug-likeness (QED) is 0.795. The van der Waals surface area contributed by atoms with Crippen LogP contribution in [-0.4, -0.2) is 37.0 Å². The van der Waals surface area contributed by atoms with Crippen LogP contribution < -0.4 is 4.90 Å². The first-order chi connectivity index (χ1) is 9.79. The lowest BCUT2D eigenvalue weighted by Crippen LogP contribution is -2.41. The van der Waals surface area contributed by atoms with E-state index in [4.69, 9.17) is 0 Å². The van der Waals surface area contributed by atoms with Gasteiger partial charge < -0.3 is 9.80 Å². The third-order valence-corrected chi connectivity index (χ3v) is 3.69. The van der Waals surface area contributed by atoms with E-state index in [0.717, 1.165) is 19.0 Å². The van der Waals surface area contributed by atoms with Crippen LogP contribution in [0.4, 0.5) is 14.5 Å². The van der Waals surface area contributed by atoms with Crippen molar-refractivity contribution in [3.8, 4) is 0 Å². The summed E-state index contributed by atoms with van der Waals surface area (Å²) in [4.78, 5) is 16.2. The molecule has 1 amide bonds. The predicted octanol–water partition coefficient (Wildman–Crippen LogP) is 3.05. The van der Waals surface area contributed by atoms with Crippen LogP contribution in [-0.2, 0) is 4.79 Å². The number of carbonyl (C=O) groups excluding carboxylic acids is 1. The van der Waals surface area contributed by atoms with Crippen LogP contribution in [0.25, 0.3) is 0 Å². The molecule has 1 aliphatic heterocycles. The fourth-order valence-electron chi connectivity index (χ4n) is 2.53. The lowest BCUT2D eigenvalue weighted by Gasteiger charge is -2.28. The average Bonchev–Trinajstić information content (AvgIpc) is 2.65. The molecule has 1 aromatic carbocycles. The van der Waals surface area contributed by atoms with E-state index in [2.05, 4.69) is 0 Å². The van der Waals surface area contributed by atoms with Gasteiger partial charge in [-0.2, -0.15) is 0 Å². The molecule has 0 spiro atoms. The number of rotatable bonds is 1. The normalized spacial score (nSPS) is 16.8. The first kappa shape index (κ1) is 15.7. The van der Waals surface area contributed by atoms with Crippen LogP contribution >= 0.6 is 0 Å². The molecule has 2 rings (SSSR count). The van der Waals surface area contributed by atoms with Crippen molar-refractivity contribution in [3.05, 3.63) is 29.8 Å². The van der Waals surface area contributed by atoms with Crippen LogP contribution in [0.3, 0.4) is 0 Å². The second kappa shape index (κ2) is 6.00. The summed E-state index contributed by atoms with van der Waals surface area (Å²) in [6.45, 7) is 8.41. The van der Waals surface area contributed by atoms with Gasteiger partial charge in [0.1, 0.15) is 0 Å². The molecular weight excluding hydrogens is 274 g/mol. The third kappa shape index (κ3) is 3.71. The van der Waals surface area contributed by atoms with Crippen molar-refractivity contribution in [2.75, 3.05) is 31.1 Å². The Hall–Kier alpha value is -1.65. The molecule has 3 nitrogen and oxygen atoms in total. The molecule has 1 heterocycles. The van der Waals surface area contributed by atoms with E-state index in [1.165, 1.54) is 6.07 Å². The van der Waals surface area contributed by atoms with Crippen molar-refractivity contribution >= 4 is 11.6 Å². The minimum absolute atomic E-state index is 0.134. The van der Waals surface area contributed by atoms with Gasteiger partial charge in [-0.05, 0) is 18.6 Å². The van der Waals surface area contributed by atoms with Crippen LogP contribution in [0.5, 0.6) is 0 Å². The molecule has 0 saturated carbocycles. The lowest BCUT2D eigenvalue weighted by molar-refractivity contribution is -0.139. The fourth-order valence-corrected chi connectivity index (χ4v) is 2.53. The zero-order valence-corrected chi connectivity index (χ0v) is 12.8. The molecule has 1 aliphatic rings. The second-order valence-electron chi connectivity index (χ2n) is 6.48. The Balaban J connectivity index is 2.07. The molecule has 0 atom stereocenters. The monoisotopic (exact) mass is 296 g/mol. The SMILES string of the molecule is CC(C)(C)C(=O)N1CCCN(c2ccc(F)c(F)c2)CC1. The summed E-state index contributed by atoms with van der Waals surface area (Å²) in [5, 5.41) is 0. The Morgan fingerprint density at radius 2 is 1.76 bits per heavy atom. The number of halogens is 2. The van der Waals surface area contributed by atoms with Gasteiger partial charge in [-0.1, -0.05) is 20.8 Å². The zero-order chi connectivity index (χ0) is 15.6. The van der Waals surface area contributed by atoms with E-state index in [1.807, 2.05) is 30.6 Å². The van der Waals surface area contributed by atoms with Gasteiger partial charge in [0.05, 0.1) is 0 Å². The summed E-state index contributed by atoms with van der Waals surface area (Å²) in [6, 6.07) is 3.95. The Labute approximate surface area is 124 Å². The maximum Gasteiger partial charge on any atom is 0.228 e. The molecule has 0 radical (unpaired) electrons. The van der Waals surface area contributed by atoms with Crippen molar-refractivity contribution in [1.29, 1.82) is 0 Å². The van der Waals surface area contributed by atoms with Gasteiger partial charge in [0.2, 0.25) is 5.91 Å². The van der Waals surface area contributed by atoms with Gasteiger partial charge in [-0.3, -0.25) is 4.79 Å². The number of benzene rings is 1. The zero-order valence-electron chi connectivity index (χ0n) is 12.8. The highest BCUT2D eigenvalue weighted by Crippen LogP contribution is 2.22. The van der Waals surface area contributed by atoms with Gasteiger partial charge in [0.25, 0.3) is 0 Å². The molecule has 1 saturated heterocycles. The summed E-state index contributed by atoms with van der Waals surface area (Å²) < 4.78 is 26.3. The van der Waals surface area contributed by atoms with Crippen molar-refractivity contribution in [2.45, 2.75) is 27.2 Å². The molecule has 0 N–H and O–H groups in total. The summed E-state index contributed by atoms with van der Waals surface area (Å²) in [5.74, 6) is -1.54. The molecular formula is C16H22F2N2O. The highest BCUT2D eigenvalue weighted by atomic mass is 19.2. The molecule has 116 valence electrons. The molecule has 0 aliphatic carbocycles. The van der Waals surface area contributed by atoms with E-state index in [9.17, 15) is 13.6 Å². The maximum absolute atomic E-state index is 13.3. The first-order valence-corrected chi connectivity index (χ1v) is 7.28. The number of carbonyl (C=O) groups is 1. The van der Waals surface area contributed by atoms with Crippen LogP contribution in [0.2, 0.25) is 0 Å². The van der Waals surface area contributed by atoms with Crippen molar-refractivity contribution in [3.63, 3.8) is 0 Å². The Morgan fingerprint density at radius 3 is 2.38 bits per heavy atom. The van der Waals surface area contributed by atoms with Crippen LogP contribution in [0.1, 0.15) is 27.2 Å². The average molecular weight is 296 g/mol. The van der Waals surface area contributed by atoms with E-state index in [1.54, 1.807) is 6.07 Å². The van der Waals surface area contributed by atoms with Gasteiger partial charge >= 0.3 is 0 Å². The molecule has 21 heavy (non-hydrogen) atoms. The number of nitrogens with zero attached hydrogens (tertiary/aromatic N) is 2. The number of amides is 1. The molecule has 0 unspecified atom stereocenters. The van der Waals surface area contributed by atoms with Gasteiger partial charge in [0.15, 0.2) is 11.6 Å². The van der Waals surface area contributed by atoms with Crippen LogP contribution in [0.15, 0.2) is 18.2 Å². The predicted molar refractivity (Wildman–Crippen MR) is 79.2 cm³/mol. The van der Waals surface area contributed by atoms with Crippen molar-refractivity contribution < 1.29 is 13.6 Å². The standard InChI is InChI=1S/C16H22F2N2O/c1-16(2,3)15(21)20-8-4-7-19(9-10-20)12-5-6-13(17)14(18)11-12/h5-6,11H,4,7-10H2,1-3H3. The molecule has 0 aromatic heterocycles. The molecule has 1 aromatic rings. The van der Waals surface area contributed by atoms with Gasteiger partial charge in [-0.15, -0.1) is 0 Å². The minimum Gasteiger partial charge on any atom is -0.370 e. The second-order valence-corrected chi connectivity index (χ2v) is 6.48. The molecule has 5 heteroatoms. The largest absolute Gasteiger partial charge is 0.370 e. The Kier molecular flexibility index (Phi) is 4.49. The number of anilines is 1. The summed E-state index contributed by atoms with van der Waals surface area (Å²) in [6.07, 6.45) is 0.820. The Bertz CT molecular complexity index is 525. The van der Waals surface area contributed by atoms with Gasteiger partial charge in [0, 0.05) is 43.3 Å². The smallest absolute Gasteiger partial charge is 0.228 e. The van der Waals surface area contributed by atoms with Crippen LogP contribution in [0, 0.1) is 17.0 Å². The van der Waals surface area contributed by atoms with Crippen molar-refractivity contribution in [1.82, 2.24) is 4.90 Å². The highest BCUT2D eigenvalue weighted by Gasteiger charge is 2.28. The van der Waals surface area contributed by atoms with E-state index >= 15 is 0 Å². The summed E-state index contributed by atoms with van der Waals surface area (Å²) >= 11 is 0. The summed E-state index contributed by atoms with van der Waals surface area (Å²) in [7, 11) is 0. The topological polar surface area (TPSA) is 23.6 Å². The Morgan fingerprint density at radius 1 is 1.05 bits per heavy atom. The van der Waals surface area contributed by atoms with Crippen molar-refractivity contribution in [2.24, 2.45) is 5.41 Å². The first-order valence-electron chi connectivity index (χ1n) is 7.28. The van der Waals surface area contributed by atoms with E-state index in [-0.39, 0.29) is 5.91 Å². The number of hydrogen-bond donors (Lipinski definition) is 0.